The van der Waals surface area contributed by atoms with Gasteiger partial charge in [-0.2, -0.15) is 0 Å². The molecule has 0 atom stereocenters. The first-order valence-corrected chi connectivity index (χ1v) is 11.7. The SMILES string of the molecule is CCCCNC(=O)C[NH+]1CCN(C(=O)C[NH+]2CCN(c3ccc(OC)cc3)CC2)CC1. The molecule has 172 valence electrons. The fourth-order valence-corrected chi connectivity index (χ4v) is 4.32. The number of unbranched alkanes of at least 4 members (excludes halogenated alkanes) is 1. The van der Waals surface area contributed by atoms with Crippen molar-refractivity contribution < 1.29 is 24.1 Å². The molecule has 3 N–H and O–H groups in total. The Morgan fingerprint density at radius 1 is 0.968 bits per heavy atom. The van der Waals surface area contributed by atoms with Gasteiger partial charge in [-0.1, -0.05) is 13.3 Å². The predicted octanol–water partition coefficient (Wildman–Crippen LogP) is -1.96. The van der Waals surface area contributed by atoms with E-state index in [0.717, 1.165) is 77.5 Å². The summed E-state index contributed by atoms with van der Waals surface area (Å²) in [5, 5.41) is 2.99. The number of carbonyl (C=O) groups is 2. The van der Waals surface area contributed by atoms with Gasteiger partial charge >= 0.3 is 0 Å². The summed E-state index contributed by atoms with van der Waals surface area (Å²) in [6.07, 6.45) is 2.12. The van der Waals surface area contributed by atoms with Crippen molar-refractivity contribution in [2.45, 2.75) is 19.8 Å². The molecule has 2 aliphatic rings. The third-order valence-electron chi connectivity index (χ3n) is 6.40. The molecule has 1 aromatic rings. The summed E-state index contributed by atoms with van der Waals surface area (Å²) in [6.45, 7) is 11.1. The highest BCUT2D eigenvalue weighted by Crippen LogP contribution is 2.18. The fraction of sp³-hybridized carbons (Fsp3) is 0.652. The Labute approximate surface area is 186 Å². The van der Waals surface area contributed by atoms with Gasteiger partial charge in [-0.15, -0.1) is 0 Å². The zero-order valence-corrected chi connectivity index (χ0v) is 19.1. The molecule has 0 saturated carbocycles. The molecular weight excluding hydrogens is 394 g/mol. The van der Waals surface area contributed by atoms with Crippen molar-refractivity contribution in [2.75, 3.05) is 84.0 Å². The second-order valence-electron chi connectivity index (χ2n) is 8.62. The number of rotatable bonds is 9. The zero-order valence-electron chi connectivity index (χ0n) is 19.1. The lowest BCUT2D eigenvalue weighted by Gasteiger charge is -2.35. The maximum atomic E-state index is 12.8. The second kappa shape index (κ2) is 11.9. The molecule has 0 unspecified atom stereocenters. The lowest BCUT2D eigenvalue weighted by atomic mass is 10.2. The molecule has 0 aromatic heterocycles. The number of nitrogens with zero attached hydrogens (tertiary/aromatic N) is 2. The average molecular weight is 434 g/mol. The lowest BCUT2D eigenvalue weighted by molar-refractivity contribution is -0.898. The van der Waals surface area contributed by atoms with Gasteiger partial charge in [-0.3, -0.25) is 9.59 Å². The Bertz CT molecular complexity index is 696. The molecule has 2 fully saturated rings. The van der Waals surface area contributed by atoms with Gasteiger partial charge in [0.2, 0.25) is 0 Å². The van der Waals surface area contributed by atoms with Crippen molar-refractivity contribution in [3.05, 3.63) is 24.3 Å². The summed E-state index contributed by atoms with van der Waals surface area (Å²) in [4.78, 5) is 31.8. The van der Waals surface area contributed by atoms with Crippen LogP contribution in [0.1, 0.15) is 19.8 Å². The summed E-state index contributed by atoms with van der Waals surface area (Å²) in [7, 11) is 1.68. The summed E-state index contributed by atoms with van der Waals surface area (Å²) in [5.41, 5.74) is 1.21. The molecule has 1 aromatic carbocycles. The quantitative estimate of drug-likeness (QED) is 0.396. The van der Waals surface area contributed by atoms with Gasteiger partial charge in [0.1, 0.15) is 5.75 Å². The Kier molecular flexibility index (Phi) is 8.97. The van der Waals surface area contributed by atoms with Crippen molar-refractivity contribution in [1.82, 2.24) is 10.2 Å². The summed E-state index contributed by atoms with van der Waals surface area (Å²) >= 11 is 0. The highest BCUT2D eigenvalue weighted by atomic mass is 16.5. The van der Waals surface area contributed by atoms with Crippen LogP contribution in [-0.2, 0) is 9.59 Å². The molecule has 2 saturated heterocycles. The Hall–Kier alpha value is -2.32. The summed E-state index contributed by atoms with van der Waals surface area (Å²) < 4.78 is 5.23. The van der Waals surface area contributed by atoms with Crippen molar-refractivity contribution >= 4 is 17.5 Å². The first-order chi connectivity index (χ1) is 15.1. The van der Waals surface area contributed by atoms with Gasteiger partial charge in [0, 0.05) is 12.2 Å². The highest BCUT2D eigenvalue weighted by Gasteiger charge is 2.29. The van der Waals surface area contributed by atoms with Crippen LogP contribution in [0, 0.1) is 0 Å². The number of carbonyl (C=O) groups excluding carboxylic acids is 2. The van der Waals surface area contributed by atoms with Crippen LogP contribution < -0.4 is 24.8 Å². The van der Waals surface area contributed by atoms with E-state index in [1.165, 1.54) is 15.5 Å². The number of amides is 2. The molecule has 2 aliphatic heterocycles. The molecule has 31 heavy (non-hydrogen) atoms. The maximum Gasteiger partial charge on any atom is 0.278 e. The minimum absolute atomic E-state index is 0.127. The minimum Gasteiger partial charge on any atom is -0.497 e. The van der Waals surface area contributed by atoms with E-state index in [-0.39, 0.29) is 11.8 Å². The number of piperazine rings is 2. The molecule has 0 radical (unpaired) electrons. The van der Waals surface area contributed by atoms with Crippen LogP contribution in [0.15, 0.2) is 24.3 Å². The van der Waals surface area contributed by atoms with Gasteiger partial charge in [0.05, 0.1) is 59.5 Å². The highest BCUT2D eigenvalue weighted by molar-refractivity contribution is 5.77. The number of nitrogens with one attached hydrogen (secondary N) is 3. The van der Waals surface area contributed by atoms with Crippen LogP contribution in [0.4, 0.5) is 5.69 Å². The smallest absolute Gasteiger partial charge is 0.278 e. The maximum absolute atomic E-state index is 12.8. The predicted molar refractivity (Wildman–Crippen MR) is 121 cm³/mol. The van der Waals surface area contributed by atoms with Crippen molar-refractivity contribution in [3.63, 3.8) is 0 Å². The van der Waals surface area contributed by atoms with Crippen LogP contribution in [0.2, 0.25) is 0 Å². The van der Waals surface area contributed by atoms with E-state index in [4.69, 9.17) is 4.74 Å². The first kappa shape index (κ1) is 23.3. The van der Waals surface area contributed by atoms with Gasteiger partial charge in [0.15, 0.2) is 13.1 Å². The van der Waals surface area contributed by atoms with Gasteiger partial charge < -0.3 is 29.7 Å². The standard InChI is InChI=1S/C23H37N5O3/c1-3-4-9-24-22(29)18-25-12-16-28(17-13-25)23(30)19-26-10-14-27(15-11-26)20-5-7-21(31-2)8-6-20/h5-8H,3-4,9-19H2,1-2H3,(H,24,29)/p+2. The Morgan fingerprint density at radius 3 is 2.19 bits per heavy atom. The fourth-order valence-electron chi connectivity index (χ4n) is 4.32. The number of quaternary nitrogens is 2. The molecule has 2 amide bonds. The topological polar surface area (TPSA) is 70.8 Å². The summed E-state index contributed by atoms with van der Waals surface area (Å²) in [6, 6.07) is 8.19. The van der Waals surface area contributed by atoms with Gasteiger partial charge in [-0.05, 0) is 30.7 Å². The van der Waals surface area contributed by atoms with Gasteiger partial charge in [0.25, 0.3) is 11.8 Å². The summed E-state index contributed by atoms with van der Waals surface area (Å²) in [5.74, 6) is 1.25. The molecule has 3 rings (SSSR count). The zero-order chi connectivity index (χ0) is 22.1. The number of ether oxygens (including phenoxy) is 1. The van der Waals surface area contributed by atoms with E-state index in [2.05, 4.69) is 29.3 Å². The number of benzene rings is 1. The van der Waals surface area contributed by atoms with E-state index in [1.54, 1.807) is 7.11 Å². The van der Waals surface area contributed by atoms with Crippen LogP contribution in [0.3, 0.4) is 0 Å². The second-order valence-corrected chi connectivity index (χ2v) is 8.62. The molecule has 2 heterocycles. The number of methoxy groups -OCH3 is 1. The number of hydrogen-bond donors (Lipinski definition) is 3. The Morgan fingerprint density at radius 2 is 1.58 bits per heavy atom. The molecule has 8 nitrogen and oxygen atoms in total. The molecule has 8 heteroatoms. The Balaban J connectivity index is 1.34. The van der Waals surface area contributed by atoms with E-state index >= 15 is 0 Å². The van der Waals surface area contributed by atoms with E-state index in [0.29, 0.717) is 13.1 Å². The molecular formula is C23H39N5O3+2. The monoisotopic (exact) mass is 433 g/mol. The van der Waals surface area contributed by atoms with Crippen LogP contribution >= 0.6 is 0 Å². The largest absolute Gasteiger partial charge is 0.497 e. The third-order valence-corrected chi connectivity index (χ3v) is 6.40. The number of hydrogen-bond acceptors (Lipinski definition) is 4. The van der Waals surface area contributed by atoms with Crippen LogP contribution in [-0.4, -0.2) is 95.8 Å². The molecule has 0 bridgehead atoms. The molecule has 0 aliphatic carbocycles. The lowest BCUT2D eigenvalue weighted by Crippen LogP contribution is -3.17. The first-order valence-electron chi connectivity index (χ1n) is 11.7. The average Bonchev–Trinajstić information content (AvgIpc) is 2.80. The van der Waals surface area contributed by atoms with Crippen molar-refractivity contribution in [3.8, 4) is 5.75 Å². The van der Waals surface area contributed by atoms with E-state index in [1.807, 2.05) is 17.0 Å². The van der Waals surface area contributed by atoms with Crippen LogP contribution in [0.5, 0.6) is 5.75 Å². The third kappa shape index (κ3) is 7.11. The van der Waals surface area contributed by atoms with E-state index < -0.39 is 0 Å². The van der Waals surface area contributed by atoms with Crippen molar-refractivity contribution in [1.29, 1.82) is 0 Å². The normalized spacial score (nSPS) is 18.1. The van der Waals surface area contributed by atoms with Crippen LogP contribution in [0.25, 0.3) is 0 Å². The van der Waals surface area contributed by atoms with Gasteiger partial charge in [-0.25, -0.2) is 0 Å². The number of anilines is 1. The molecule has 0 spiro atoms. The van der Waals surface area contributed by atoms with E-state index in [9.17, 15) is 9.59 Å². The van der Waals surface area contributed by atoms with Crippen molar-refractivity contribution in [2.24, 2.45) is 0 Å². The minimum atomic E-state index is 0.127.